The zero-order chi connectivity index (χ0) is 51.5. The number of likely N-dealkylation sites (N-methyl/N-ethyl adjacent to an activating group) is 3. The van der Waals surface area contributed by atoms with E-state index in [0.717, 1.165) is 45.3 Å². The molecule has 0 aliphatic carbocycles. The lowest BCUT2D eigenvalue weighted by Gasteiger charge is -2.20. The summed E-state index contributed by atoms with van der Waals surface area (Å²) >= 11 is 0. The van der Waals surface area contributed by atoms with Crippen molar-refractivity contribution in [3.8, 4) is 0 Å². The summed E-state index contributed by atoms with van der Waals surface area (Å²) in [5.74, 6) is 0.160. The van der Waals surface area contributed by atoms with Gasteiger partial charge in [-0.2, -0.15) is 0 Å². The highest BCUT2D eigenvalue weighted by molar-refractivity contribution is 5.76. The van der Waals surface area contributed by atoms with Gasteiger partial charge in [-0.1, -0.05) is 68.5 Å². The maximum Gasteiger partial charge on any atom is 0.311 e. The number of carboxylic acid groups (broad SMARTS) is 1. The van der Waals surface area contributed by atoms with Crippen molar-refractivity contribution in [2.75, 3.05) is 95.8 Å². The van der Waals surface area contributed by atoms with Gasteiger partial charge in [0.15, 0.2) is 0 Å². The predicted molar refractivity (Wildman–Crippen MR) is 266 cm³/mol. The molecule has 63 heavy (non-hydrogen) atoms. The van der Waals surface area contributed by atoms with Gasteiger partial charge in [0.1, 0.15) is 19.8 Å². The highest BCUT2D eigenvalue weighted by atomic mass is 16.5. The molecule has 0 heterocycles. The molecule has 0 aromatic carbocycles. The topological polar surface area (TPSA) is 149 Å². The molecule has 0 saturated heterocycles. The molecule has 13 heteroatoms. The summed E-state index contributed by atoms with van der Waals surface area (Å²) in [7, 11) is 15.8. The number of rotatable bonds is 22. The van der Waals surface area contributed by atoms with Crippen LogP contribution < -0.4 is 0 Å². The average molecular weight is 905 g/mol. The summed E-state index contributed by atoms with van der Waals surface area (Å²) in [6.07, 6.45) is 5.27. The van der Waals surface area contributed by atoms with Gasteiger partial charge in [-0.15, -0.1) is 0 Å². The number of allylic oxidation sites excluding steroid dienone is 2. The van der Waals surface area contributed by atoms with E-state index in [1.165, 1.54) is 12.1 Å². The summed E-state index contributed by atoms with van der Waals surface area (Å²) in [5.41, 5.74) is -0.345. The SMILES string of the molecule is C=C(C(C)CC)N(C)C.C=C(O)C(C)CC.CCC(C)(C)C(=O)O.CCC(C)(C)C(=O)OCCN(C)C.CCC(C)(C)C(=O)OCCN(C)C.CCC(C)(C)C(=O)OCCN(C)C. The highest BCUT2D eigenvalue weighted by Gasteiger charge is 2.28. The third-order valence-electron chi connectivity index (χ3n) is 11.0. The minimum atomic E-state index is -0.722. The summed E-state index contributed by atoms with van der Waals surface area (Å²) in [6, 6.07) is 0. The second-order valence-corrected chi connectivity index (χ2v) is 19.6. The number of aliphatic hydroxyl groups excluding tert-OH is 1. The first-order valence-electron chi connectivity index (χ1n) is 22.9. The van der Waals surface area contributed by atoms with Crippen LogP contribution in [0, 0.1) is 33.5 Å². The second-order valence-electron chi connectivity index (χ2n) is 19.6. The third kappa shape index (κ3) is 42.6. The number of carbonyl (C=O) groups is 4. The normalized spacial score (nSPS) is 12.1. The first-order chi connectivity index (χ1) is 28.5. The molecular formula is C50H104N4O9. The van der Waals surface area contributed by atoms with Crippen molar-refractivity contribution in [2.24, 2.45) is 33.5 Å². The highest BCUT2D eigenvalue weighted by Crippen LogP contribution is 2.23. The van der Waals surface area contributed by atoms with Crippen LogP contribution in [0.5, 0.6) is 0 Å². The van der Waals surface area contributed by atoms with Gasteiger partial charge in [-0.05, 0) is 142 Å². The average Bonchev–Trinajstić information content (AvgIpc) is 3.20. The number of aliphatic hydroxyl groups is 1. The van der Waals surface area contributed by atoms with E-state index in [4.69, 9.17) is 24.4 Å². The molecule has 0 radical (unpaired) electrons. The zero-order valence-electron chi connectivity index (χ0n) is 45.6. The lowest BCUT2D eigenvalue weighted by Crippen LogP contribution is -2.28. The molecule has 13 nitrogen and oxygen atoms in total. The molecule has 2 unspecified atom stereocenters. The molecule has 0 amide bonds. The monoisotopic (exact) mass is 905 g/mol. The summed E-state index contributed by atoms with van der Waals surface area (Å²) in [6.45, 7) is 42.2. The predicted octanol–water partition coefficient (Wildman–Crippen LogP) is 10.3. The second kappa shape index (κ2) is 38.1. The van der Waals surface area contributed by atoms with Crippen LogP contribution in [0.4, 0.5) is 0 Å². The van der Waals surface area contributed by atoms with E-state index in [1.807, 2.05) is 154 Å². The third-order valence-corrected chi connectivity index (χ3v) is 11.0. The maximum atomic E-state index is 11.4. The Bertz CT molecular complexity index is 1140. The van der Waals surface area contributed by atoms with Gasteiger partial charge in [-0.25, -0.2) is 0 Å². The summed E-state index contributed by atoms with van der Waals surface area (Å²) in [5, 5.41) is 17.1. The van der Waals surface area contributed by atoms with E-state index in [-0.39, 0.29) is 40.1 Å². The van der Waals surface area contributed by atoms with E-state index in [1.54, 1.807) is 13.8 Å². The van der Waals surface area contributed by atoms with E-state index in [9.17, 15) is 19.2 Å². The first kappa shape index (κ1) is 71.5. The number of ether oxygens (including phenoxy) is 3. The fourth-order valence-corrected chi connectivity index (χ4v) is 3.05. The minimum Gasteiger partial charge on any atom is -0.513 e. The fourth-order valence-electron chi connectivity index (χ4n) is 3.05. The molecule has 0 rings (SSSR count). The van der Waals surface area contributed by atoms with Crippen LogP contribution in [0.25, 0.3) is 0 Å². The van der Waals surface area contributed by atoms with Gasteiger partial charge < -0.3 is 44.0 Å². The van der Waals surface area contributed by atoms with Crippen molar-refractivity contribution in [3.05, 3.63) is 24.6 Å². The molecule has 2 atom stereocenters. The van der Waals surface area contributed by atoms with Gasteiger partial charge in [0, 0.05) is 45.3 Å². The largest absolute Gasteiger partial charge is 0.513 e. The van der Waals surface area contributed by atoms with Crippen LogP contribution in [0.15, 0.2) is 24.6 Å². The maximum absolute atomic E-state index is 11.4. The van der Waals surface area contributed by atoms with E-state index in [2.05, 4.69) is 31.9 Å². The van der Waals surface area contributed by atoms with Crippen LogP contribution in [-0.4, -0.2) is 150 Å². The van der Waals surface area contributed by atoms with Crippen molar-refractivity contribution in [3.63, 3.8) is 0 Å². The minimum absolute atomic E-state index is 0.100. The van der Waals surface area contributed by atoms with Crippen LogP contribution in [0.3, 0.4) is 0 Å². The van der Waals surface area contributed by atoms with Crippen LogP contribution in [0.2, 0.25) is 0 Å². The number of aliphatic carboxylic acids is 1. The Balaban J connectivity index is -0.000000157. The Labute approximate surface area is 389 Å². The van der Waals surface area contributed by atoms with Crippen molar-refractivity contribution >= 4 is 23.9 Å². The van der Waals surface area contributed by atoms with Crippen molar-refractivity contribution in [2.45, 2.75) is 149 Å². The molecule has 2 N–H and O–H groups in total. The van der Waals surface area contributed by atoms with E-state index < -0.39 is 11.4 Å². The van der Waals surface area contributed by atoms with Gasteiger partial charge in [0.2, 0.25) is 0 Å². The lowest BCUT2D eigenvalue weighted by atomic mass is 9.91. The Morgan fingerprint density at radius 3 is 0.810 bits per heavy atom. The molecule has 0 aromatic heterocycles. The molecule has 0 aliphatic rings. The Kier molecular flexibility index (Phi) is 43.3. The van der Waals surface area contributed by atoms with Crippen molar-refractivity contribution in [1.82, 2.24) is 19.6 Å². The molecule has 378 valence electrons. The molecule has 0 saturated carbocycles. The van der Waals surface area contributed by atoms with Crippen molar-refractivity contribution < 1.29 is 43.6 Å². The van der Waals surface area contributed by atoms with E-state index >= 15 is 0 Å². The number of carboxylic acids is 1. The first-order valence-corrected chi connectivity index (χ1v) is 22.9. The fraction of sp³-hybridized carbons (Fsp3) is 0.840. The van der Waals surface area contributed by atoms with Crippen LogP contribution >= 0.6 is 0 Å². The number of carbonyl (C=O) groups excluding carboxylic acids is 3. The quantitative estimate of drug-likeness (QED) is 0.0603. The number of esters is 3. The summed E-state index contributed by atoms with van der Waals surface area (Å²) in [4.78, 5) is 52.6. The van der Waals surface area contributed by atoms with Crippen LogP contribution in [-0.2, 0) is 33.4 Å². The summed E-state index contributed by atoms with van der Waals surface area (Å²) < 4.78 is 15.4. The van der Waals surface area contributed by atoms with Gasteiger partial charge >= 0.3 is 23.9 Å². The Morgan fingerprint density at radius 2 is 0.714 bits per heavy atom. The Hall–Kier alpha value is -3.16. The molecule has 0 aromatic rings. The molecule has 0 aliphatic heterocycles. The number of hydrogen-bond donors (Lipinski definition) is 2. The Morgan fingerprint density at radius 1 is 0.476 bits per heavy atom. The molecule has 0 spiro atoms. The van der Waals surface area contributed by atoms with Gasteiger partial charge in [0.25, 0.3) is 0 Å². The van der Waals surface area contributed by atoms with Crippen molar-refractivity contribution in [1.29, 1.82) is 0 Å². The molecular weight excluding hydrogens is 801 g/mol. The lowest BCUT2D eigenvalue weighted by molar-refractivity contribution is -0.155. The standard InChI is InChI=1S/3C10H21NO2.C8H17N.C6H12O2.C6H12O/c3*1-6-10(2,3)9(12)13-8-7-11(4)5;1-6-7(2)8(3)9(4)5;1-4-6(2,3)5(7)8;1-4-5(2)6(3)7/h3*6-8H2,1-5H3;7H,3,6H2,1-2,4-5H3;4H2,1-3H3,(H,7,8);5,7H,3-4H2,1-2H3. The van der Waals surface area contributed by atoms with Gasteiger partial charge in [0.05, 0.1) is 27.4 Å². The zero-order valence-corrected chi connectivity index (χ0v) is 45.6. The molecule has 0 fully saturated rings. The van der Waals surface area contributed by atoms with Crippen LogP contribution in [0.1, 0.15) is 149 Å². The van der Waals surface area contributed by atoms with Gasteiger partial charge in [-0.3, -0.25) is 19.2 Å². The van der Waals surface area contributed by atoms with E-state index in [0.29, 0.717) is 37.9 Å². The number of hydrogen-bond acceptors (Lipinski definition) is 12. The smallest absolute Gasteiger partial charge is 0.311 e. The molecule has 0 bridgehead atoms. The number of nitrogens with zero attached hydrogens (tertiary/aromatic N) is 4.